The van der Waals surface area contributed by atoms with E-state index in [9.17, 15) is 9.59 Å². The molecular weight excluding hydrogens is 366 g/mol. The molecule has 3 rings (SSSR count). The van der Waals surface area contributed by atoms with Crippen molar-refractivity contribution in [1.29, 1.82) is 0 Å². The van der Waals surface area contributed by atoms with Crippen molar-refractivity contribution in [3.05, 3.63) is 28.8 Å². The molecule has 1 atom stereocenters. The second-order valence-electron chi connectivity index (χ2n) is 7.77. The summed E-state index contributed by atoms with van der Waals surface area (Å²) >= 11 is 6.13. The molecule has 0 bridgehead atoms. The molecule has 1 aliphatic heterocycles. The summed E-state index contributed by atoms with van der Waals surface area (Å²) in [4.78, 5) is 25.5. The third-order valence-electron chi connectivity index (χ3n) is 5.76. The average molecular weight is 394 g/mol. The summed E-state index contributed by atoms with van der Waals surface area (Å²) < 4.78 is 0. The summed E-state index contributed by atoms with van der Waals surface area (Å²) in [7, 11) is 0. The van der Waals surface area contributed by atoms with Gasteiger partial charge in [0.15, 0.2) is 0 Å². The van der Waals surface area contributed by atoms with E-state index < -0.39 is 5.97 Å². The molecule has 27 heavy (non-hydrogen) atoms. The topological polar surface area (TPSA) is 81.7 Å². The maximum Gasteiger partial charge on any atom is 0.315 e. The standard InChI is InChI=1S/C20H28ClN3O3/c1-13-2-5-16(21)10-18(13)24-9-8-14(12-24)11-22-20(27)23-17-6-3-15(4-7-17)19(25)26/h2,5,10,14-15,17H,3-4,6-9,11-12H2,1H3,(H,25,26)(H2,22,23,27). The number of aliphatic carboxylic acids is 1. The number of halogens is 1. The molecule has 1 aromatic rings. The quantitative estimate of drug-likeness (QED) is 0.715. The van der Waals surface area contributed by atoms with Crippen molar-refractivity contribution in [2.75, 3.05) is 24.5 Å². The van der Waals surface area contributed by atoms with Gasteiger partial charge in [0.2, 0.25) is 0 Å². The molecular formula is C20H28ClN3O3. The van der Waals surface area contributed by atoms with Crippen LogP contribution in [0.4, 0.5) is 10.5 Å². The van der Waals surface area contributed by atoms with E-state index in [0.717, 1.165) is 37.4 Å². The maximum atomic E-state index is 12.2. The zero-order valence-corrected chi connectivity index (χ0v) is 16.5. The lowest BCUT2D eigenvalue weighted by molar-refractivity contribution is -0.142. The first-order chi connectivity index (χ1) is 12.9. The van der Waals surface area contributed by atoms with Crippen LogP contribution in [-0.2, 0) is 4.79 Å². The van der Waals surface area contributed by atoms with Gasteiger partial charge in [-0.3, -0.25) is 4.79 Å². The van der Waals surface area contributed by atoms with Crippen molar-refractivity contribution in [3.8, 4) is 0 Å². The van der Waals surface area contributed by atoms with E-state index >= 15 is 0 Å². The molecule has 0 aromatic heterocycles. The van der Waals surface area contributed by atoms with Crippen LogP contribution in [0.15, 0.2) is 18.2 Å². The van der Waals surface area contributed by atoms with Crippen molar-refractivity contribution in [2.45, 2.75) is 45.1 Å². The van der Waals surface area contributed by atoms with Gasteiger partial charge < -0.3 is 20.6 Å². The third-order valence-corrected chi connectivity index (χ3v) is 6.00. The Hall–Kier alpha value is -1.95. The molecule has 0 radical (unpaired) electrons. The third kappa shape index (κ3) is 5.28. The number of hydrogen-bond acceptors (Lipinski definition) is 3. The van der Waals surface area contributed by atoms with Crippen LogP contribution in [0.2, 0.25) is 5.02 Å². The molecule has 1 saturated heterocycles. The molecule has 1 heterocycles. The van der Waals surface area contributed by atoms with E-state index in [4.69, 9.17) is 16.7 Å². The van der Waals surface area contributed by atoms with Gasteiger partial charge in [0.25, 0.3) is 0 Å². The Kier molecular flexibility index (Phi) is 6.47. The number of carbonyl (C=O) groups is 2. The fraction of sp³-hybridized carbons (Fsp3) is 0.600. The van der Waals surface area contributed by atoms with E-state index in [0.29, 0.717) is 25.3 Å². The highest BCUT2D eigenvalue weighted by molar-refractivity contribution is 6.30. The lowest BCUT2D eigenvalue weighted by Crippen LogP contribution is -2.45. The number of carboxylic acids is 1. The summed E-state index contributed by atoms with van der Waals surface area (Å²) in [6.07, 6.45) is 3.77. The van der Waals surface area contributed by atoms with Gasteiger partial charge in [0.05, 0.1) is 5.92 Å². The van der Waals surface area contributed by atoms with Crippen LogP contribution >= 0.6 is 11.6 Å². The molecule has 1 aliphatic carbocycles. The number of carbonyl (C=O) groups excluding carboxylic acids is 1. The lowest BCUT2D eigenvalue weighted by atomic mass is 9.86. The largest absolute Gasteiger partial charge is 0.481 e. The number of amides is 2. The summed E-state index contributed by atoms with van der Waals surface area (Å²) in [6, 6.07) is 5.88. The van der Waals surface area contributed by atoms with Gasteiger partial charge in [0, 0.05) is 36.4 Å². The Morgan fingerprint density at radius 2 is 1.96 bits per heavy atom. The minimum atomic E-state index is -0.723. The molecule has 148 valence electrons. The van der Waals surface area contributed by atoms with Crippen LogP contribution in [0, 0.1) is 18.8 Å². The molecule has 2 aliphatic rings. The number of aryl methyl sites for hydroxylation is 1. The highest BCUT2D eigenvalue weighted by Crippen LogP contribution is 2.29. The lowest BCUT2D eigenvalue weighted by Gasteiger charge is -2.27. The zero-order chi connectivity index (χ0) is 19.4. The van der Waals surface area contributed by atoms with E-state index in [2.05, 4.69) is 22.5 Å². The van der Waals surface area contributed by atoms with Gasteiger partial charge in [0.1, 0.15) is 0 Å². The second kappa shape index (κ2) is 8.83. The van der Waals surface area contributed by atoms with Crippen molar-refractivity contribution in [1.82, 2.24) is 10.6 Å². The smallest absolute Gasteiger partial charge is 0.315 e. The van der Waals surface area contributed by atoms with Crippen LogP contribution < -0.4 is 15.5 Å². The minimum Gasteiger partial charge on any atom is -0.481 e. The number of benzene rings is 1. The molecule has 1 saturated carbocycles. The Labute approximate surface area is 165 Å². The normalized spacial score (nSPS) is 25.3. The number of rotatable bonds is 5. The first-order valence-electron chi connectivity index (χ1n) is 9.70. The predicted molar refractivity (Wildman–Crippen MR) is 106 cm³/mol. The van der Waals surface area contributed by atoms with Crippen LogP contribution in [-0.4, -0.2) is 42.8 Å². The number of nitrogens with one attached hydrogen (secondary N) is 2. The Bertz CT molecular complexity index is 689. The molecule has 3 N–H and O–H groups in total. The second-order valence-corrected chi connectivity index (χ2v) is 8.21. The van der Waals surface area contributed by atoms with Crippen LogP contribution in [0.3, 0.4) is 0 Å². The van der Waals surface area contributed by atoms with Crippen molar-refractivity contribution >= 4 is 29.3 Å². The van der Waals surface area contributed by atoms with Gasteiger partial charge in [-0.05, 0) is 62.6 Å². The maximum absolute atomic E-state index is 12.2. The fourth-order valence-electron chi connectivity index (χ4n) is 4.10. The van der Waals surface area contributed by atoms with Crippen LogP contribution in [0.25, 0.3) is 0 Å². The van der Waals surface area contributed by atoms with E-state index in [1.807, 2.05) is 18.2 Å². The molecule has 2 fully saturated rings. The SMILES string of the molecule is Cc1ccc(Cl)cc1N1CCC(CNC(=O)NC2CCC(C(=O)O)CC2)C1. The summed E-state index contributed by atoms with van der Waals surface area (Å²) in [5.74, 6) is -0.568. The molecule has 1 unspecified atom stereocenters. The Morgan fingerprint density at radius 1 is 1.22 bits per heavy atom. The van der Waals surface area contributed by atoms with E-state index in [1.165, 1.54) is 11.3 Å². The fourth-order valence-corrected chi connectivity index (χ4v) is 4.27. The predicted octanol–water partition coefficient (Wildman–Crippen LogP) is 3.42. The highest BCUT2D eigenvalue weighted by atomic mass is 35.5. The molecule has 2 amide bonds. The van der Waals surface area contributed by atoms with Crippen LogP contribution in [0.1, 0.15) is 37.7 Å². The number of carboxylic acid groups (broad SMARTS) is 1. The first-order valence-corrected chi connectivity index (χ1v) is 10.1. The van der Waals surface area contributed by atoms with Gasteiger partial charge in [-0.15, -0.1) is 0 Å². The monoisotopic (exact) mass is 393 g/mol. The number of hydrogen-bond donors (Lipinski definition) is 3. The van der Waals surface area contributed by atoms with E-state index in [1.54, 1.807) is 0 Å². The highest BCUT2D eigenvalue weighted by Gasteiger charge is 2.27. The van der Waals surface area contributed by atoms with Crippen LogP contribution in [0.5, 0.6) is 0 Å². The summed E-state index contributed by atoms with van der Waals surface area (Å²) in [5.41, 5.74) is 2.38. The number of anilines is 1. The molecule has 6 nitrogen and oxygen atoms in total. The number of nitrogens with zero attached hydrogens (tertiary/aromatic N) is 1. The molecule has 0 spiro atoms. The number of urea groups is 1. The molecule has 1 aromatic carbocycles. The van der Waals surface area contributed by atoms with Crippen molar-refractivity contribution in [2.24, 2.45) is 11.8 Å². The molecule has 7 heteroatoms. The Morgan fingerprint density at radius 3 is 2.67 bits per heavy atom. The van der Waals surface area contributed by atoms with Crippen molar-refractivity contribution < 1.29 is 14.7 Å². The summed E-state index contributed by atoms with van der Waals surface area (Å²) in [5, 5.41) is 15.8. The van der Waals surface area contributed by atoms with Gasteiger partial charge in [-0.25, -0.2) is 4.79 Å². The van der Waals surface area contributed by atoms with Crippen molar-refractivity contribution in [3.63, 3.8) is 0 Å². The zero-order valence-electron chi connectivity index (χ0n) is 15.7. The Balaban J connectivity index is 1.40. The van der Waals surface area contributed by atoms with Gasteiger partial charge in [-0.1, -0.05) is 17.7 Å². The van der Waals surface area contributed by atoms with Gasteiger partial charge in [-0.2, -0.15) is 0 Å². The average Bonchev–Trinajstić information content (AvgIpc) is 3.11. The summed E-state index contributed by atoms with van der Waals surface area (Å²) in [6.45, 7) is 4.61. The minimum absolute atomic E-state index is 0.0785. The first kappa shape index (κ1) is 19.8. The van der Waals surface area contributed by atoms with E-state index in [-0.39, 0.29) is 18.0 Å². The van der Waals surface area contributed by atoms with Gasteiger partial charge >= 0.3 is 12.0 Å².